The van der Waals surface area contributed by atoms with E-state index < -0.39 is 11.2 Å². The van der Waals surface area contributed by atoms with E-state index in [4.69, 9.17) is 4.74 Å². The second kappa shape index (κ2) is 13.9. The number of thioether (sulfide) groups is 2. The molecule has 4 aromatic rings. The molecule has 4 aromatic carbocycles. The third-order valence-electron chi connectivity index (χ3n) is 7.30. The molecule has 0 spiro atoms. The van der Waals surface area contributed by atoms with Gasteiger partial charge in [-0.05, 0) is 67.1 Å². The van der Waals surface area contributed by atoms with Crippen molar-refractivity contribution >= 4 is 58.5 Å². The lowest BCUT2D eigenvalue weighted by molar-refractivity contribution is -0.115. The molecule has 9 heteroatoms. The van der Waals surface area contributed by atoms with E-state index in [1.54, 1.807) is 43.0 Å². The number of hydrogen-bond donors (Lipinski definition) is 2. The summed E-state index contributed by atoms with van der Waals surface area (Å²) >= 11 is 3.15. The van der Waals surface area contributed by atoms with Crippen molar-refractivity contribution in [3.8, 4) is 0 Å². The minimum absolute atomic E-state index is 0.107. The summed E-state index contributed by atoms with van der Waals surface area (Å²) in [6.45, 7) is 2.05. The Bertz CT molecular complexity index is 1760. The van der Waals surface area contributed by atoms with Gasteiger partial charge in [-0.3, -0.25) is 9.69 Å². The van der Waals surface area contributed by atoms with Crippen LogP contribution in [0, 0.1) is 0 Å². The number of urea groups is 1. The number of hydrogen-bond acceptors (Lipinski definition) is 6. The van der Waals surface area contributed by atoms with Crippen molar-refractivity contribution in [2.45, 2.75) is 33.3 Å². The number of para-hydroxylation sites is 1. The molecule has 6 rings (SSSR count). The van der Waals surface area contributed by atoms with E-state index in [0.29, 0.717) is 23.5 Å². The Morgan fingerprint density at radius 1 is 0.844 bits per heavy atom. The van der Waals surface area contributed by atoms with Crippen LogP contribution in [0.5, 0.6) is 0 Å². The fourth-order valence-electron chi connectivity index (χ4n) is 5.20. The highest BCUT2D eigenvalue weighted by Crippen LogP contribution is 2.44. The van der Waals surface area contributed by atoms with E-state index >= 15 is 0 Å². The summed E-state index contributed by atoms with van der Waals surface area (Å²) in [6, 6.07) is 31.3. The second-order valence-electron chi connectivity index (χ2n) is 10.3. The van der Waals surface area contributed by atoms with Gasteiger partial charge in [0, 0.05) is 21.2 Å². The first-order chi connectivity index (χ1) is 22.0. The highest BCUT2D eigenvalue weighted by molar-refractivity contribution is 8.00. The van der Waals surface area contributed by atoms with Crippen LogP contribution >= 0.6 is 23.5 Å². The third kappa shape index (κ3) is 7.00. The van der Waals surface area contributed by atoms with Crippen LogP contribution in [-0.2, 0) is 9.53 Å². The molecule has 7 nitrogen and oxygen atoms in total. The summed E-state index contributed by atoms with van der Waals surface area (Å²) in [5.74, 6) is -0.620. The number of amides is 3. The first-order valence-corrected chi connectivity index (χ1v) is 16.4. The van der Waals surface area contributed by atoms with Gasteiger partial charge in [0.05, 0.1) is 29.1 Å². The van der Waals surface area contributed by atoms with Crippen molar-refractivity contribution in [3.05, 3.63) is 139 Å². The average molecular weight is 634 g/mol. The first kappa shape index (κ1) is 30.3. The van der Waals surface area contributed by atoms with Gasteiger partial charge in [-0.2, -0.15) is 0 Å². The highest BCUT2D eigenvalue weighted by atomic mass is 32.2. The van der Waals surface area contributed by atoms with Crippen molar-refractivity contribution < 1.29 is 19.1 Å². The van der Waals surface area contributed by atoms with Gasteiger partial charge >= 0.3 is 12.0 Å². The van der Waals surface area contributed by atoms with E-state index in [-0.39, 0.29) is 23.2 Å². The molecule has 45 heavy (non-hydrogen) atoms. The molecule has 0 fully saturated rings. The van der Waals surface area contributed by atoms with Gasteiger partial charge in [-0.1, -0.05) is 72.8 Å². The summed E-state index contributed by atoms with van der Waals surface area (Å²) < 4.78 is 5.05. The Hall–Kier alpha value is -4.73. The van der Waals surface area contributed by atoms with Crippen LogP contribution in [0.1, 0.15) is 28.1 Å². The predicted octanol–water partition coefficient (Wildman–Crippen LogP) is 8.34. The molecule has 0 saturated heterocycles. The Labute approximate surface area is 270 Å². The highest BCUT2D eigenvalue weighted by Gasteiger charge is 2.36. The average Bonchev–Trinajstić information content (AvgIpc) is 3.07. The molecule has 1 aliphatic carbocycles. The number of ether oxygens (including phenoxy) is 1. The monoisotopic (exact) mass is 633 g/mol. The Balaban J connectivity index is 1.20. The van der Waals surface area contributed by atoms with Crippen LogP contribution in [0.2, 0.25) is 0 Å². The SMILES string of the molecule is CCOC(=O)c1ccc(NC(=O)C(Sc2cccc(NC(=O)N3c4ccccc4SC4C=CC=CC43)c2)c2ccccc2)cc1. The lowest BCUT2D eigenvalue weighted by Gasteiger charge is -2.40. The van der Waals surface area contributed by atoms with Gasteiger partial charge < -0.3 is 15.4 Å². The van der Waals surface area contributed by atoms with Gasteiger partial charge in [-0.15, -0.1) is 23.5 Å². The zero-order valence-corrected chi connectivity index (χ0v) is 26.1. The number of benzene rings is 4. The van der Waals surface area contributed by atoms with Gasteiger partial charge in [0.1, 0.15) is 5.25 Å². The third-order valence-corrected chi connectivity index (χ3v) is 9.86. The van der Waals surface area contributed by atoms with Crippen LogP contribution in [0.3, 0.4) is 0 Å². The summed E-state index contributed by atoms with van der Waals surface area (Å²) in [5, 5.41) is 5.63. The molecule has 0 bridgehead atoms. The molecule has 3 amide bonds. The minimum Gasteiger partial charge on any atom is -0.462 e. The quantitative estimate of drug-likeness (QED) is 0.150. The number of esters is 1. The number of carbonyl (C=O) groups is 3. The van der Waals surface area contributed by atoms with E-state index in [1.165, 1.54) is 11.8 Å². The summed E-state index contributed by atoms with van der Waals surface area (Å²) in [4.78, 5) is 43.2. The predicted molar refractivity (Wildman–Crippen MR) is 182 cm³/mol. The van der Waals surface area contributed by atoms with Gasteiger partial charge in [0.25, 0.3) is 0 Å². The molecule has 3 unspecified atom stereocenters. The second-order valence-corrected chi connectivity index (χ2v) is 12.7. The van der Waals surface area contributed by atoms with Crippen molar-refractivity contribution in [1.82, 2.24) is 0 Å². The fourth-order valence-corrected chi connectivity index (χ4v) is 7.55. The van der Waals surface area contributed by atoms with Crippen LogP contribution in [0.4, 0.5) is 21.9 Å². The summed E-state index contributed by atoms with van der Waals surface area (Å²) in [7, 11) is 0. The zero-order chi connectivity index (χ0) is 31.2. The molecular formula is C36H31N3O4S2. The smallest absolute Gasteiger partial charge is 0.338 e. The van der Waals surface area contributed by atoms with E-state index in [9.17, 15) is 14.4 Å². The van der Waals surface area contributed by atoms with Gasteiger partial charge in [0.15, 0.2) is 0 Å². The van der Waals surface area contributed by atoms with Crippen LogP contribution in [0.25, 0.3) is 0 Å². The van der Waals surface area contributed by atoms with Crippen LogP contribution in [0.15, 0.2) is 137 Å². The first-order valence-electron chi connectivity index (χ1n) is 14.6. The van der Waals surface area contributed by atoms with Gasteiger partial charge in [-0.25, -0.2) is 9.59 Å². The van der Waals surface area contributed by atoms with E-state index in [0.717, 1.165) is 21.0 Å². The molecule has 0 saturated carbocycles. The van der Waals surface area contributed by atoms with Crippen LogP contribution < -0.4 is 15.5 Å². The number of anilines is 3. The number of nitrogens with one attached hydrogen (secondary N) is 2. The summed E-state index contributed by atoms with van der Waals surface area (Å²) in [6.07, 6.45) is 8.20. The van der Waals surface area contributed by atoms with Crippen molar-refractivity contribution in [2.24, 2.45) is 0 Å². The van der Waals surface area contributed by atoms with Crippen molar-refractivity contribution in [2.75, 3.05) is 22.1 Å². The lowest BCUT2D eigenvalue weighted by atomic mass is 10.1. The molecule has 1 aliphatic heterocycles. The van der Waals surface area contributed by atoms with Crippen LogP contribution in [-0.4, -0.2) is 35.8 Å². The molecule has 2 aliphatic rings. The molecule has 0 radical (unpaired) electrons. The Morgan fingerprint density at radius 3 is 2.40 bits per heavy atom. The number of allylic oxidation sites excluding steroid dienone is 2. The van der Waals surface area contributed by atoms with Crippen molar-refractivity contribution in [1.29, 1.82) is 0 Å². The number of rotatable bonds is 8. The maximum atomic E-state index is 13.8. The Morgan fingerprint density at radius 2 is 1.60 bits per heavy atom. The molecule has 2 N–H and O–H groups in total. The van der Waals surface area contributed by atoms with E-state index in [2.05, 4.69) is 22.8 Å². The number of fused-ring (bicyclic) bond motifs is 2. The van der Waals surface area contributed by atoms with Gasteiger partial charge in [0.2, 0.25) is 5.91 Å². The largest absolute Gasteiger partial charge is 0.462 e. The van der Waals surface area contributed by atoms with E-state index in [1.807, 2.05) is 95.9 Å². The van der Waals surface area contributed by atoms with Crippen molar-refractivity contribution in [3.63, 3.8) is 0 Å². The normalized spacial score (nSPS) is 17.0. The molecular weight excluding hydrogens is 603 g/mol. The molecule has 1 heterocycles. The standard InChI is InChI=1S/C36H31N3O4S2/c1-2-43-35(41)25-19-21-26(22-20-25)37-34(40)33(24-11-4-3-5-12-24)44-28-14-10-13-27(23-28)38-36(42)39-29-15-6-8-17-31(29)45-32-18-9-7-16-30(32)39/h3-23,29,31,33H,2H2,1H3,(H,37,40)(H,38,42). The summed E-state index contributed by atoms with van der Waals surface area (Å²) in [5.41, 5.74) is 3.34. The zero-order valence-electron chi connectivity index (χ0n) is 24.5. The number of nitrogens with zero attached hydrogens (tertiary/aromatic N) is 1. The topological polar surface area (TPSA) is 87.7 Å². The minimum atomic E-state index is -0.576. The Kier molecular flexibility index (Phi) is 9.38. The molecule has 3 atom stereocenters. The maximum Gasteiger partial charge on any atom is 0.338 e. The molecule has 0 aromatic heterocycles. The number of carbonyl (C=O) groups excluding carboxylic acids is 3. The lowest BCUT2D eigenvalue weighted by Crippen LogP contribution is -2.49. The molecule has 226 valence electrons. The maximum absolute atomic E-state index is 13.8. The fraction of sp³-hybridized carbons (Fsp3) is 0.139.